The molecule has 0 aromatic carbocycles. The zero-order valence-corrected chi connectivity index (χ0v) is 9.90. The monoisotopic (exact) mass is 277 g/mol. The summed E-state index contributed by atoms with van der Waals surface area (Å²) < 4.78 is 1.09. The maximum Gasteiger partial charge on any atom is 0.235 e. The van der Waals surface area contributed by atoms with Gasteiger partial charge in [0.25, 0.3) is 0 Å². The van der Waals surface area contributed by atoms with Gasteiger partial charge in [0, 0.05) is 18.0 Å². The summed E-state index contributed by atoms with van der Waals surface area (Å²) >= 11 is 5.01. The van der Waals surface area contributed by atoms with E-state index >= 15 is 0 Å². The van der Waals surface area contributed by atoms with E-state index in [1.54, 1.807) is 11.3 Å². The molecule has 6 heteroatoms. The Hall–Kier alpha value is -0.430. The van der Waals surface area contributed by atoms with Crippen LogP contribution in [0.4, 0.5) is 0 Å². The molecule has 1 rings (SSSR count). The summed E-state index contributed by atoms with van der Waals surface area (Å²) in [6, 6.07) is 3.38. The lowest BCUT2D eigenvalue weighted by molar-refractivity contribution is -0.119. The third-order valence-electron chi connectivity index (χ3n) is 1.66. The number of thiophene rings is 1. The van der Waals surface area contributed by atoms with E-state index in [0.29, 0.717) is 13.1 Å². The molecule has 78 valence electrons. The molecule has 1 aromatic rings. The highest BCUT2D eigenvalue weighted by Gasteiger charge is 2.07. The summed E-state index contributed by atoms with van der Waals surface area (Å²) in [5, 5.41) is 3.06. The van der Waals surface area contributed by atoms with Gasteiger partial charge in [-0.2, -0.15) is 0 Å². The topological polar surface area (TPSA) is 81.1 Å². The van der Waals surface area contributed by atoms with E-state index in [0.717, 1.165) is 3.79 Å². The predicted molar refractivity (Wildman–Crippen MR) is 60.9 cm³/mol. The van der Waals surface area contributed by atoms with E-state index in [1.165, 1.54) is 4.88 Å². The van der Waals surface area contributed by atoms with Crippen molar-refractivity contribution in [3.05, 3.63) is 20.8 Å². The summed E-state index contributed by atoms with van der Waals surface area (Å²) in [5.74, 6) is -0.482. The summed E-state index contributed by atoms with van der Waals surface area (Å²) in [7, 11) is 0. The van der Waals surface area contributed by atoms with Crippen molar-refractivity contribution in [1.82, 2.24) is 5.32 Å². The first kappa shape index (κ1) is 11.6. The van der Waals surface area contributed by atoms with E-state index in [-0.39, 0.29) is 0 Å². The Morgan fingerprint density at radius 3 is 2.86 bits per heavy atom. The number of primary amides is 1. The van der Waals surface area contributed by atoms with Gasteiger partial charge in [-0.05, 0) is 28.1 Å². The lowest BCUT2D eigenvalue weighted by atomic mass is 10.3. The fourth-order valence-corrected chi connectivity index (χ4v) is 2.35. The second-order valence-electron chi connectivity index (χ2n) is 2.85. The average Bonchev–Trinajstić information content (AvgIpc) is 2.51. The molecule has 5 N–H and O–H groups in total. The Kier molecular flexibility index (Phi) is 4.53. The first-order chi connectivity index (χ1) is 6.59. The van der Waals surface area contributed by atoms with E-state index < -0.39 is 11.9 Å². The van der Waals surface area contributed by atoms with Crippen LogP contribution in [-0.2, 0) is 11.3 Å². The van der Waals surface area contributed by atoms with Crippen LogP contribution in [0.1, 0.15) is 4.88 Å². The molecular formula is C8H12BrN3OS. The van der Waals surface area contributed by atoms with Crippen LogP contribution in [0.25, 0.3) is 0 Å². The molecule has 0 spiro atoms. The highest BCUT2D eigenvalue weighted by atomic mass is 79.9. The van der Waals surface area contributed by atoms with Crippen molar-refractivity contribution in [2.24, 2.45) is 11.5 Å². The molecule has 0 aliphatic heterocycles. The van der Waals surface area contributed by atoms with E-state index in [4.69, 9.17) is 11.5 Å². The maximum atomic E-state index is 10.6. The molecule has 1 aromatic heterocycles. The summed E-state index contributed by atoms with van der Waals surface area (Å²) in [5.41, 5.74) is 10.5. The number of carbonyl (C=O) groups is 1. The van der Waals surface area contributed by atoms with Gasteiger partial charge in [-0.3, -0.25) is 4.79 Å². The zero-order valence-electron chi connectivity index (χ0n) is 7.50. The number of amides is 1. The van der Waals surface area contributed by atoms with Crippen LogP contribution in [0.3, 0.4) is 0 Å². The lowest BCUT2D eigenvalue weighted by Gasteiger charge is -2.07. The number of nitrogens with two attached hydrogens (primary N) is 2. The molecule has 1 amide bonds. The lowest BCUT2D eigenvalue weighted by Crippen LogP contribution is -2.44. The standard InChI is InChI=1S/C8H12BrN3OS/c9-7-2-1-5(14-7)3-12-4-6(10)8(11)13/h1-2,6,12H,3-4,10H2,(H2,11,13). The number of carbonyl (C=O) groups excluding carboxylic acids is 1. The zero-order chi connectivity index (χ0) is 10.6. The van der Waals surface area contributed by atoms with Crippen molar-refractivity contribution in [2.45, 2.75) is 12.6 Å². The van der Waals surface area contributed by atoms with Gasteiger partial charge in [0.2, 0.25) is 5.91 Å². The fourth-order valence-electron chi connectivity index (χ4n) is 0.898. The molecule has 4 nitrogen and oxygen atoms in total. The van der Waals surface area contributed by atoms with E-state index in [1.807, 2.05) is 12.1 Å². The molecule has 1 heterocycles. The average molecular weight is 278 g/mol. The Labute approximate surface area is 94.8 Å². The third-order valence-corrected chi connectivity index (χ3v) is 3.28. The Bertz CT molecular complexity index is 315. The normalized spacial score (nSPS) is 12.7. The van der Waals surface area contributed by atoms with Crippen molar-refractivity contribution >= 4 is 33.2 Å². The van der Waals surface area contributed by atoms with Gasteiger partial charge in [-0.25, -0.2) is 0 Å². The minimum Gasteiger partial charge on any atom is -0.368 e. The first-order valence-corrected chi connectivity index (χ1v) is 5.70. The number of hydrogen-bond donors (Lipinski definition) is 3. The molecule has 0 radical (unpaired) electrons. The summed E-state index contributed by atoms with van der Waals surface area (Å²) in [4.78, 5) is 11.8. The van der Waals surface area contributed by atoms with Crippen molar-refractivity contribution in [2.75, 3.05) is 6.54 Å². The van der Waals surface area contributed by atoms with Gasteiger partial charge < -0.3 is 16.8 Å². The van der Waals surface area contributed by atoms with Gasteiger partial charge in [0.1, 0.15) is 0 Å². The number of halogens is 1. The van der Waals surface area contributed by atoms with Crippen molar-refractivity contribution in [1.29, 1.82) is 0 Å². The van der Waals surface area contributed by atoms with Gasteiger partial charge in [0.05, 0.1) is 9.83 Å². The van der Waals surface area contributed by atoms with Crippen LogP contribution >= 0.6 is 27.3 Å². The fraction of sp³-hybridized carbons (Fsp3) is 0.375. The van der Waals surface area contributed by atoms with Crippen LogP contribution in [0, 0.1) is 0 Å². The van der Waals surface area contributed by atoms with Gasteiger partial charge in [-0.15, -0.1) is 11.3 Å². The number of rotatable bonds is 5. The van der Waals surface area contributed by atoms with Gasteiger partial charge >= 0.3 is 0 Å². The van der Waals surface area contributed by atoms with Crippen molar-refractivity contribution in [3.63, 3.8) is 0 Å². The Morgan fingerprint density at radius 2 is 2.36 bits per heavy atom. The van der Waals surface area contributed by atoms with Crippen molar-refractivity contribution in [3.8, 4) is 0 Å². The summed E-state index contributed by atoms with van der Waals surface area (Å²) in [6.45, 7) is 1.11. The first-order valence-electron chi connectivity index (χ1n) is 4.09. The molecule has 0 bridgehead atoms. The second-order valence-corrected chi connectivity index (χ2v) is 5.39. The SMILES string of the molecule is NC(=O)C(N)CNCc1ccc(Br)s1. The Morgan fingerprint density at radius 1 is 1.64 bits per heavy atom. The number of hydrogen-bond acceptors (Lipinski definition) is 4. The molecule has 0 aliphatic rings. The van der Waals surface area contributed by atoms with E-state index in [9.17, 15) is 4.79 Å². The molecule has 0 saturated heterocycles. The second kappa shape index (κ2) is 5.45. The molecular weight excluding hydrogens is 266 g/mol. The summed E-state index contributed by atoms with van der Waals surface area (Å²) in [6.07, 6.45) is 0. The van der Waals surface area contributed by atoms with Gasteiger partial charge in [-0.1, -0.05) is 0 Å². The van der Waals surface area contributed by atoms with E-state index in [2.05, 4.69) is 21.2 Å². The molecule has 0 aliphatic carbocycles. The largest absolute Gasteiger partial charge is 0.368 e. The number of nitrogens with one attached hydrogen (secondary N) is 1. The minimum atomic E-state index is -0.613. The molecule has 0 fully saturated rings. The highest BCUT2D eigenvalue weighted by Crippen LogP contribution is 2.21. The molecule has 1 unspecified atom stereocenters. The van der Waals surface area contributed by atoms with Crippen LogP contribution in [-0.4, -0.2) is 18.5 Å². The Balaban J connectivity index is 2.25. The third kappa shape index (κ3) is 3.75. The quantitative estimate of drug-likeness (QED) is 0.730. The van der Waals surface area contributed by atoms with Crippen LogP contribution in [0.5, 0.6) is 0 Å². The minimum absolute atomic E-state index is 0.408. The van der Waals surface area contributed by atoms with Crippen LogP contribution in [0.15, 0.2) is 15.9 Å². The molecule has 1 atom stereocenters. The highest BCUT2D eigenvalue weighted by molar-refractivity contribution is 9.11. The molecule has 0 saturated carbocycles. The van der Waals surface area contributed by atoms with Gasteiger partial charge in [0.15, 0.2) is 0 Å². The molecule has 14 heavy (non-hydrogen) atoms. The van der Waals surface area contributed by atoms with Crippen LogP contribution in [0.2, 0.25) is 0 Å². The predicted octanol–water partition coefficient (Wildman–Crippen LogP) is 0.413. The smallest absolute Gasteiger partial charge is 0.235 e. The van der Waals surface area contributed by atoms with Crippen LogP contribution < -0.4 is 16.8 Å². The maximum absolute atomic E-state index is 10.6. The van der Waals surface area contributed by atoms with Crippen molar-refractivity contribution < 1.29 is 4.79 Å².